The second kappa shape index (κ2) is 10.9. The van der Waals surface area contributed by atoms with Gasteiger partial charge in [0.2, 0.25) is 0 Å². The van der Waals surface area contributed by atoms with Crippen molar-refractivity contribution >= 4 is 55.8 Å². The molecule has 190 valence electrons. The molecule has 0 fully saturated rings. The minimum Gasteiger partial charge on any atom is -0.455 e. The van der Waals surface area contributed by atoms with E-state index in [2.05, 4.69) is 55.4 Å². The van der Waals surface area contributed by atoms with Crippen LogP contribution in [0.2, 0.25) is 0 Å². The minimum atomic E-state index is -0.234. The summed E-state index contributed by atoms with van der Waals surface area (Å²) in [6, 6.07) is 23.6. The fraction of sp³-hybridized carbons (Fsp3) is 0.103. The van der Waals surface area contributed by atoms with Crippen molar-refractivity contribution in [3.63, 3.8) is 0 Å². The molecule has 5 aromatic rings. The van der Waals surface area contributed by atoms with Crippen molar-refractivity contribution in [2.45, 2.75) is 19.8 Å². The van der Waals surface area contributed by atoms with E-state index in [0.717, 1.165) is 15.6 Å². The lowest BCUT2D eigenvalue weighted by molar-refractivity contribution is 0.102. The highest BCUT2D eigenvalue weighted by Gasteiger charge is 2.14. The maximum atomic E-state index is 12.9. The molecule has 38 heavy (non-hydrogen) atoms. The van der Waals surface area contributed by atoms with Crippen molar-refractivity contribution in [1.29, 1.82) is 0 Å². The van der Waals surface area contributed by atoms with Gasteiger partial charge in [-0.3, -0.25) is 4.79 Å². The van der Waals surface area contributed by atoms with E-state index in [9.17, 15) is 4.79 Å². The molecule has 1 amide bonds. The van der Waals surface area contributed by atoms with Gasteiger partial charge in [-0.15, -0.1) is 0 Å². The molecule has 9 heteroatoms. The Bertz CT molecular complexity index is 1620. The first kappa shape index (κ1) is 25.2. The lowest BCUT2D eigenvalue weighted by Crippen LogP contribution is -2.12. The topological polar surface area (TPSA) is 115 Å². The van der Waals surface area contributed by atoms with Gasteiger partial charge in [0.25, 0.3) is 5.91 Å². The highest BCUT2D eigenvalue weighted by Crippen LogP contribution is 2.35. The number of benzene rings is 3. The number of ether oxygens (including phenoxy) is 1. The van der Waals surface area contributed by atoms with Crippen LogP contribution in [-0.2, 0) is 0 Å². The van der Waals surface area contributed by atoms with Gasteiger partial charge in [-0.05, 0) is 78.7 Å². The molecular weight excluding hydrogens is 544 g/mol. The maximum Gasteiger partial charge on any atom is 0.255 e. The van der Waals surface area contributed by atoms with Gasteiger partial charge >= 0.3 is 0 Å². The van der Waals surface area contributed by atoms with Crippen molar-refractivity contribution < 1.29 is 9.53 Å². The zero-order valence-electron chi connectivity index (χ0n) is 20.8. The van der Waals surface area contributed by atoms with Gasteiger partial charge in [0.1, 0.15) is 17.9 Å². The van der Waals surface area contributed by atoms with Crippen LogP contribution in [0.1, 0.15) is 35.8 Å². The summed E-state index contributed by atoms with van der Waals surface area (Å²) in [6.45, 7) is 4.17. The van der Waals surface area contributed by atoms with Crippen LogP contribution in [-0.4, -0.2) is 20.9 Å². The Labute approximate surface area is 228 Å². The molecule has 0 bridgehead atoms. The number of amides is 1. The minimum absolute atomic E-state index is 0.234. The number of hydrogen-bond acceptors (Lipinski definition) is 7. The smallest absolute Gasteiger partial charge is 0.255 e. The van der Waals surface area contributed by atoms with E-state index in [-0.39, 0.29) is 11.8 Å². The van der Waals surface area contributed by atoms with Gasteiger partial charge in [0, 0.05) is 27.1 Å². The lowest BCUT2D eigenvalue weighted by atomic mass is 10.1. The van der Waals surface area contributed by atoms with Crippen molar-refractivity contribution in [3.8, 4) is 11.5 Å². The number of aromatic nitrogens is 3. The fourth-order valence-corrected chi connectivity index (χ4v) is 4.20. The van der Waals surface area contributed by atoms with E-state index in [4.69, 9.17) is 10.5 Å². The zero-order valence-corrected chi connectivity index (χ0v) is 22.4. The molecule has 5 rings (SSSR count). The number of rotatable bonds is 7. The molecule has 0 aliphatic heterocycles. The highest BCUT2D eigenvalue weighted by molar-refractivity contribution is 9.10. The maximum absolute atomic E-state index is 12.9. The van der Waals surface area contributed by atoms with Crippen molar-refractivity contribution in [2.24, 2.45) is 0 Å². The number of carbonyl (C=O) groups is 1. The van der Waals surface area contributed by atoms with E-state index in [0.29, 0.717) is 45.6 Å². The molecular formula is C29H25BrN6O2. The molecule has 0 atom stereocenters. The number of nitrogens with two attached hydrogens (primary N) is 1. The van der Waals surface area contributed by atoms with Crippen LogP contribution in [0.15, 0.2) is 89.7 Å². The van der Waals surface area contributed by atoms with E-state index in [1.165, 1.54) is 6.33 Å². The SMILES string of the molecule is CC(C)c1ccc2c(Nc3cc(NC(=O)c4cccc(Br)c4)ccc3Oc3ccc(N)cc3)ncnc2n1. The monoisotopic (exact) mass is 568 g/mol. The van der Waals surface area contributed by atoms with Gasteiger partial charge in [-0.25, -0.2) is 15.0 Å². The molecule has 0 unspecified atom stereocenters. The largest absolute Gasteiger partial charge is 0.455 e. The van der Waals surface area contributed by atoms with Gasteiger partial charge in [-0.2, -0.15) is 0 Å². The number of fused-ring (bicyclic) bond motifs is 1. The van der Waals surface area contributed by atoms with Gasteiger partial charge in [0.05, 0.1) is 11.1 Å². The number of halogens is 1. The molecule has 0 radical (unpaired) electrons. The van der Waals surface area contributed by atoms with Crippen LogP contribution in [0, 0.1) is 0 Å². The molecule has 0 saturated carbocycles. The third kappa shape index (κ3) is 5.73. The number of hydrogen-bond donors (Lipinski definition) is 3. The number of pyridine rings is 1. The highest BCUT2D eigenvalue weighted by atomic mass is 79.9. The summed E-state index contributed by atoms with van der Waals surface area (Å²) in [5.41, 5.74) is 9.72. The fourth-order valence-electron chi connectivity index (χ4n) is 3.80. The number of carbonyl (C=O) groups excluding carboxylic acids is 1. The molecule has 0 saturated heterocycles. The Balaban J connectivity index is 1.51. The van der Waals surface area contributed by atoms with Crippen molar-refractivity contribution in [2.75, 3.05) is 16.4 Å². The van der Waals surface area contributed by atoms with Crippen LogP contribution in [0.5, 0.6) is 11.5 Å². The summed E-state index contributed by atoms with van der Waals surface area (Å²) in [5, 5.41) is 7.07. The first-order chi connectivity index (χ1) is 18.4. The Kier molecular flexibility index (Phi) is 7.19. The Hall–Kier alpha value is -4.50. The normalized spacial score (nSPS) is 10.9. The third-order valence-corrected chi connectivity index (χ3v) is 6.29. The summed E-state index contributed by atoms with van der Waals surface area (Å²) in [6.07, 6.45) is 1.47. The molecule has 3 aromatic carbocycles. The predicted octanol–water partition coefficient (Wildman–Crippen LogP) is 7.28. The Morgan fingerprint density at radius 3 is 2.55 bits per heavy atom. The van der Waals surface area contributed by atoms with Gasteiger partial charge in [-0.1, -0.05) is 35.8 Å². The first-order valence-electron chi connectivity index (χ1n) is 12.0. The van der Waals surface area contributed by atoms with E-state index in [1.807, 2.05) is 24.3 Å². The van der Waals surface area contributed by atoms with Crippen molar-refractivity contribution in [3.05, 3.63) is 101 Å². The zero-order chi connectivity index (χ0) is 26.6. The number of nitrogen functional groups attached to an aromatic ring is 1. The standard InChI is InChI=1S/C29H25BrN6O2/c1-17(2)24-12-11-23-27(35-24)32-16-33-28(23)36-25-15-21(34-29(37)18-4-3-5-19(30)14-18)8-13-26(25)38-22-9-6-20(31)7-10-22/h3-17H,31H2,1-2H3,(H,34,37)(H,32,33,35,36). The van der Waals surface area contributed by atoms with Crippen LogP contribution in [0.3, 0.4) is 0 Å². The summed E-state index contributed by atoms with van der Waals surface area (Å²) in [5.74, 6) is 1.76. The summed E-state index contributed by atoms with van der Waals surface area (Å²) in [7, 11) is 0. The second-order valence-corrected chi connectivity index (χ2v) is 9.87. The van der Waals surface area contributed by atoms with Crippen LogP contribution in [0.4, 0.5) is 22.9 Å². The molecule has 2 aromatic heterocycles. The molecule has 0 aliphatic carbocycles. The lowest BCUT2D eigenvalue weighted by Gasteiger charge is -2.16. The quantitative estimate of drug-likeness (QED) is 0.177. The molecule has 0 aliphatic rings. The number of anilines is 4. The summed E-state index contributed by atoms with van der Waals surface area (Å²) in [4.78, 5) is 26.4. The number of nitrogens with one attached hydrogen (secondary N) is 2. The van der Waals surface area contributed by atoms with Crippen molar-refractivity contribution in [1.82, 2.24) is 15.0 Å². The Morgan fingerprint density at radius 1 is 0.974 bits per heavy atom. The van der Waals surface area contributed by atoms with E-state index < -0.39 is 0 Å². The van der Waals surface area contributed by atoms with Gasteiger partial charge < -0.3 is 21.1 Å². The average molecular weight is 569 g/mol. The average Bonchev–Trinajstić information content (AvgIpc) is 2.91. The summed E-state index contributed by atoms with van der Waals surface area (Å²) < 4.78 is 6.99. The summed E-state index contributed by atoms with van der Waals surface area (Å²) >= 11 is 3.41. The second-order valence-electron chi connectivity index (χ2n) is 8.96. The molecule has 8 nitrogen and oxygen atoms in total. The van der Waals surface area contributed by atoms with Gasteiger partial charge in [0.15, 0.2) is 11.4 Å². The Morgan fingerprint density at radius 2 is 1.79 bits per heavy atom. The number of nitrogens with zero attached hydrogens (tertiary/aromatic N) is 3. The van der Waals surface area contributed by atoms with Crippen LogP contribution in [0.25, 0.3) is 11.0 Å². The van der Waals surface area contributed by atoms with Crippen LogP contribution < -0.4 is 21.1 Å². The van der Waals surface area contributed by atoms with Crippen LogP contribution >= 0.6 is 15.9 Å². The van der Waals surface area contributed by atoms with E-state index >= 15 is 0 Å². The molecule has 0 spiro atoms. The molecule has 4 N–H and O–H groups in total. The third-order valence-electron chi connectivity index (χ3n) is 5.80. The molecule has 2 heterocycles. The first-order valence-corrected chi connectivity index (χ1v) is 12.8. The predicted molar refractivity (Wildman–Crippen MR) is 154 cm³/mol. The van der Waals surface area contributed by atoms with E-state index in [1.54, 1.807) is 54.6 Å².